The lowest BCUT2D eigenvalue weighted by Gasteiger charge is -2.10. The zero-order valence-corrected chi connectivity index (χ0v) is 9.95. The summed E-state index contributed by atoms with van der Waals surface area (Å²) in [5.41, 5.74) is 0. The molecule has 1 aromatic rings. The summed E-state index contributed by atoms with van der Waals surface area (Å²) >= 11 is 1.56. The molecular formula is C12H13FO3S. The van der Waals surface area contributed by atoms with Gasteiger partial charge in [-0.2, -0.15) is 0 Å². The monoisotopic (exact) mass is 256 g/mol. The van der Waals surface area contributed by atoms with Crippen molar-refractivity contribution >= 4 is 17.7 Å². The minimum absolute atomic E-state index is 0.0221. The first-order valence-corrected chi connectivity index (χ1v) is 6.40. The van der Waals surface area contributed by atoms with Gasteiger partial charge < -0.3 is 9.84 Å². The van der Waals surface area contributed by atoms with Crippen molar-refractivity contribution in [1.82, 2.24) is 0 Å². The lowest BCUT2D eigenvalue weighted by atomic mass is 10.2. The zero-order valence-electron chi connectivity index (χ0n) is 9.14. The predicted molar refractivity (Wildman–Crippen MR) is 62.7 cm³/mol. The van der Waals surface area contributed by atoms with E-state index in [1.807, 2.05) is 0 Å². The van der Waals surface area contributed by atoms with Crippen LogP contribution in [0.2, 0.25) is 0 Å². The number of rotatable bonds is 4. The molecule has 0 radical (unpaired) electrons. The summed E-state index contributed by atoms with van der Waals surface area (Å²) in [4.78, 5) is 11.7. The van der Waals surface area contributed by atoms with Gasteiger partial charge in [0.2, 0.25) is 0 Å². The van der Waals surface area contributed by atoms with E-state index in [1.54, 1.807) is 23.9 Å². The fraction of sp³-hybridized carbons (Fsp3) is 0.417. The van der Waals surface area contributed by atoms with Crippen LogP contribution < -0.4 is 0 Å². The lowest BCUT2D eigenvalue weighted by Crippen LogP contribution is -2.21. The van der Waals surface area contributed by atoms with Gasteiger partial charge in [-0.1, -0.05) is 0 Å². The van der Waals surface area contributed by atoms with Gasteiger partial charge in [-0.05, 0) is 37.1 Å². The Morgan fingerprint density at radius 3 is 2.71 bits per heavy atom. The van der Waals surface area contributed by atoms with E-state index in [2.05, 4.69) is 0 Å². The molecule has 0 aromatic heterocycles. The molecule has 2 atom stereocenters. The van der Waals surface area contributed by atoms with E-state index < -0.39 is 12.1 Å². The van der Waals surface area contributed by atoms with Gasteiger partial charge in [0.05, 0.1) is 6.10 Å². The second kappa shape index (κ2) is 5.51. The first-order chi connectivity index (χ1) is 8.15. The first kappa shape index (κ1) is 12.4. The topological polar surface area (TPSA) is 46.5 Å². The van der Waals surface area contributed by atoms with Crippen molar-refractivity contribution in [3.8, 4) is 0 Å². The SMILES string of the molecule is O=C(O)C1CCC(CSc2ccc(F)cc2)O1. The zero-order chi connectivity index (χ0) is 12.3. The molecule has 0 spiro atoms. The second-order valence-corrected chi connectivity index (χ2v) is 5.02. The summed E-state index contributed by atoms with van der Waals surface area (Å²) in [6.45, 7) is 0. The number of hydrogen-bond acceptors (Lipinski definition) is 3. The highest BCUT2D eigenvalue weighted by Gasteiger charge is 2.30. The van der Waals surface area contributed by atoms with Crippen molar-refractivity contribution in [3.05, 3.63) is 30.1 Å². The van der Waals surface area contributed by atoms with E-state index in [9.17, 15) is 9.18 Å². The normalized spacial score (nSPS) is 23.8. The smallest absolute Gasteiger partial charge is 0.332 e. The van der Waals surface area contributed by atoms with Gasteiger partial charge in [-0.3, -0.25) is 0 Å². The van der Waals surface area contributed by atoms with Gasteiger partial charge in [0.25, 0.3) is 0 Å². The van der Waals surface area contributed by atoms with Crippen molar-refractivity contribution in [2.75, 3.05) is 5.75 Å². The number of ether oxygens (including phenoxy) is 1. The van der Waals surface area contributed by atoms with E-state index in [0.29, 0.717) is 12.2 Å². The third-order valence-electron chi connectivity index (χ3n) is 2.63. The van der Waals surface area contributed by atoms with Gasteiger partial charge in [0.15, 0.2) is 6.10 Å². The lowest BCUT2D eigenvalue weighted by molar-refractivity contribution is -0.148. The van der Waals surface area contributed by atoms with E-state index in [1.165, 1.54) is 12.1 Å². The summed E-state index contributed by atoms with van der Waals surface area (Å²) in [6.07, 6.45) is 0.662. The third kappa shape index (κ3) is 3.44. The Kier molecular flexibility index (Phi) is 4.02. The van der Waals surface area contributed by atoms with Crippen molar-refractivity contribution < 1.29 is 19.0 Å². The molecular weight excluding hydrogens is 243 g/mol. The average Bonchev–Trinajstić information content (AvgIpc) is 2.77. The molecule has 1 aromatic carbocycles. The summed E-state index contributed by atoms with van der Waals surface area (Å²) in [5, 5.41) is 8.77. The molecule has 1 aliphatic rings. The Bertz CT molecular complexity index is 393. The van der Waals surface area contributed by atoms with Crippen LogP contribution in [-0.4, -0.2) is 29.0 Å². The number of carboxylic acid groups (broad SMARTS) is 1. The predicted octanol–water partition coefficient (Wildman–Crippen LogP) is 2.55. The molecule has 1 heterocycles. The summed E-state index contributed by atoms with van der Waals surface area (Å²) < 4.78 is 18.0. The summed E-state index contributed by atoms with van der Waals surface area (Å²) in [6, 6.07) is 6.25. The van der Waals surface area contributed by atoms with Crippen LogP contribution in [0.25, 0.3) is 0 Å². The van der Waals surface area contributed by atoms with E-state index in [4.69, 9.17) is 9.84 Å². The largest absolute Gasteiger partial charge is 0.479 e. The number of hydrogen-bond donors (Lipinski definition) is 1. The molecule has 0 bridgehead atoms. The fourth-order valence-corrected chi connectivity index (χ4v) is 2.68. The number of benzene rings is 1. The van der Waals surface area contributed by atoms with Gasteiger partial charge in [0.1, 0.15) is 5.82 Å². The minimum Gasteiger partial charge on any atom is -0.479 e. The highest BCUT2D eigenvalue weighted by atomic mass is 32.2. The summed E-state index contributed by atoms with van der Waals surface area (Å²) in [5.74, 6) is -0.438. The van der Waals surface area contributed by atoms with Crippen LogP contribution in [0.5, 0.6) is 0 Å². The van der Waals surface area contributed by atoms with Gasteiger partial charge in [0, 0.05) is 10.6 Å². The molecule has 5 heteroatoms. The number of thioether (sulfide) groups is 1. The van der Waals surface area contributed by atoms with E-state index in [0.717, 1.165) is 11.3 Å². The van der Waals surface area contributed by atoms with Crippen molar-refractivity contribution in [2.45, 2.75) is 29.9 Å². The van der Waals surface area contributed by atoms with Crippen LogP contribution in [0, 0.1) is 5.82 Å². The maximum absolute atomic E-state index is 12.7. The van der Waals surface area contributed by atoms with Crippen LogP contribution in [0.3, 0.4) is 0 Å². The quantitative estimate of drug-likeness (QED) is 0.841. The van der Waals surface area contributed by atoms with E-state index >= 15 is 0 Å². The molecule has 0 aliphatic carbocycles. The standard InChI is InChI=1S/C12H13FO3S/c13-8-1-4-10(5-2-8)17-7-9-3-6-11(16-9)12(14)15/h1-2,4-5,9,11H,3,6-7H2,(H,14,15). The Morgan fingerprint density at radius 2 is 2.12 bits per heavy atom. The number of carboxylic acids is 1. The van der Waals surface area contributed by atoms with Crippen molar-refractivity contribution in [1.29, 1.82) is 0 Å². The van der Waals surface area contributed by atoms with Crippen LogP contribution in [-0.2, 0) is 9.53 Å². The average molecular weight is 256 g/mol. The Balaban J connectivity index is 1.80. The molecule has 92 valence electrons. The van der Waals surface area contributed by atoms with E-state index in [-0.39, 0.29) is 11.9 Å². The molecule has 1 aliphatic heterocycles. The maximum atomic E-state index is 12.7. The third-order valence-corrected chi connectivity index (χ3v) is 3.78. The van der Waals surface area contributed by atoms with Crippen LogP contribution in [0.1, 0.15) is 12.8 Å². The molecule has 1 N–H and O–H groups in total. The molecule has 2 rings (SSSR count). The molecule has 1 fully saturated rings. The maximum Gasteiger partial charge on any atom is 0.332 e. The first-order valence-electron chi connectivity index (χ1n) is 5.42. The van der Waals surface area contributed by atoms with Crippen LogP contribution >= 0.6 is 11.8 Å². The molecule has 2 unspecified atom stereocenters. The van der Waals surface area contributed by atoms with Gasteiger partial charge >= 0.3 is 5.97 Å². The number of carbonyl (C=O) groups is 1. The van der Waals surface area contributed by atoms with Crippen molar-refractivity contribution in [2.24, 2.45) is 0 Å². The van der Waals surface area contributed by atoms with Gasteiger partial charge in [-0.25, -0.2) is 9.18 Å². The van der Waals surface area contributed by atoms with Crippen molar-refractivity contribution in [3.63, 3.8) is 0 Å². The number of aliphatic carboxylic acids is 1. The highest BCUT2D eigenvalue weighted by molar-refractivity contribution is 7.99. The minimum atomic E-state index is -0.890. The number of halogens is 1. The second-order valence-electron chi connectivity index (χ2n) is 3.93. The molecule has 0 amide bonds. The molecule has 1 saturated heterocycles. The van der Waals surface area contributed by atoms with Gasteiger partial charge in [-0.15, -0.1) is 11.8 Å². The Labute approximate surface area is 103 Å². The summed E-state index contributed by atoms with van der Waals surface area (Å²) in [7, 11) is 0. The Morgan fingerprint density at radius 1 is 1.41 bits per heavy atom. The van der Waals surface area contributed by atoms with Crippen LogP contribution in [0.4, 0.5) is 4.39 Å². The molecule has 17 heavy (non-hydrogen) atoms. The fourth-order valence-electron chi connectivity index (χ4n) is 1.73. The molecule has 3 nitrogen and oxygen atoms in total. The Hall–Kier alpha value is -1.07. The highest BCUT2D eigenvalue weighted by Crippen LogP contribution is 2.26. The van der Waals surface area contributed by atoms with Crippen LogP contribution in [0.15, 0.2) is 29.2 Å². The molecule has 0 saturated carbocycles.